The third kappa shape index (κ3) is 4.33. The molecule has 4 fully saturated rings. The van der Waals surface area contributed by atoms with Gasteiger partial charge in [0, 0.05) is 29.4 Å². The Hall–Kier alpha value is -3.54. The quantitative estimate of drug-likeness (QED) is 0.589. The number of H-pyrrole nitrogens is 1. The van der Waals surface area contributed by atoms with Crippen molar-refractivity contribution in [3.05, 3.63) is 30.0 Å². The Balaban J connectivity index is 1.37. The fourth-order valence-electron chi connectivity index (χ4n) is 6.09. The van der Waals surface area contributed by atoms with Crippen LogP contribution in [0.5, 0.6) is 5.75 Å². The van der Waals surface area contributed by atoms with Crippen LogP contribution in [0, 0.1) is 23.2 Å². The van der Waals surface area contributed by atoms with E-state index in [1.807, 2.05) is 18.2 Å². The molecule has 0 radical (unpaired) electrons. The van der Waals surface area contributed by atoms with Crippen molar-refractivity contribution in [3.8, 4) is 11.8 Å². The number of nitrogens with one attached hydrogen (secondary N) is 3. The second kappa shape index (κ2) is 9.61. The lowest BCUT2D eigenvalue weighted by molar-refractivity contribution is -0.134. The fourth-order valence-corrected chi connectivity index (χ4v) is 6.09. The first-order valence-electron chi connectivity index (χ1n) is 12.5. The molecule has 3 atom stereocenters. The van der Waals surface area contributed by atoms with Crippen LogP contribution in [-0.2, 0) is 9.59 Å². The Morgan fingerprint density at radius 3 is 2.77 bits per heavy atom. The molecule has 1 aromatic heterocycles. The van der Waals surface area contributed by atoms with Crippen molar-refractivity contribution in [2.45, 2.75) is 63.1 Å². The van der Waals surface area contributed by atoms with Crippen molar-refractivity contribution < 1.29 is 19.1 Å². The molecule has 9 heteroatoms. The first kappa shape index (κ1) is 23.2. The normalized spacial score (nSPS) is 26.6. The number of aromatic nitrogens is 1. The molecule has 1 saturated carbocycles. The maximum atomic E-state index is 13.7. The number of aromatic amines is 1. The highest BCUT2D eigenvalue weighted by atomic mass is 16.5. The summed E-state index contributed by atoms with van der Waals surface area (Å²) in [4.78, 5) is 44.3. The molecule has 1 aliphatic carbocycles. The molecular weight excluding hydrogens is 446 g/mol. The first-order valence-corrected chi connectivity index (χ1v) is 12.5. The number of benzene rings is 1. The van der Waals surface area contributed by atoms with Crippen molar-refractivity contribution in [1.82, 2.24) is 20.5 Å². The number of methoxy groups -OCH3 is 1. The number of piperidine rings is 3. The van der Waals surface area contributed by atoms with E-state index in [1.165, 1.54) is 0 Å². The molecular formula is C26H31N5O4. The van der Waals surface area contributed by atoms with Gasteiger partial charge in [-0.25, -0.2) is 0 Å². The number of nitriles is 1. The van der Waals surface area contributed by atoms with Gasteiger partial charge in [0.2, 0.25) is 11.8 Å². The lowest BCUT2D eigenvalue weighted by Crippen LogP contribution is -2.63. The Morgan fingerprint density at radius 1 is 1.26 bits per heavy atom. The van der Waals surface area contributed by atoms with Gasteiger partial charge in [0.05, 0.1) is 13.2 Å². The van der Waals surface area contributed by atoms with Crippen LogP contribution in [0.15, 0.2) is 24.3 Å². The minimum absolute atomic E-state index is 0.0128. The molecule has 3 N–H and O–H groups in total. The van der Waals surface area contributed by atoms with Gasteiger partial charge in [-0.05, 0) is 69.1 Å². The molecule has 2 aromatic rings. The Labute approximate surface area is 204 Å². The van der Waals surface area contributed by atoms with E-state index in [1.54, 1.807) is 18.1 Å². The summed E-state index contributed by atoms with van der Waals surface area (Å²) in [5.74, 6) is -0.123. The highest BCUT2D eigenvalue weighted by Crippen LogP contribution is 2.41. The van der Waals surface area contributed by atoms with Crippen molar-refractivity contribution in [2.75, 3.05) is 13.7 Å². The molecule has 3 aliphatic heterocycles. The average Bonchev–Trinajstić information content (AvgIpc) is 3.33. The maximum Gasteiger partial charge on any atom is 0.271 e. The molecule has 184 valence electrons. The maximum absolute atomic E-state index is 13.7. The van der Waals surface area contributed by atoms with Crippen molar-refractivity contribution in [3.63, 3.8) is 0 Å². The molecule has 6 rings (SSSR count). The van der Waals surface area contributed by atoms with E-state index in [4.69, 9.17) is 4.74 Å². The number of hydrogen-bond acceptors (Lipinski definition) is 5. The SMILES string of the molecule is COc1cccc2[nH]c(C(=O)N3C4CCC(CC4)[C@H]3C(=O)N[C@@H](C#N)C[C@H]3CCCNC3=O)cc12. The molecule has 3 saturated heterocycles. The molecule has 3 amide bonds. The van der Waals surface area contributed by atoms with Crippen LogP contribution in [0.3, 0.4) is 0 Å². The van der Waals surface area contributed by atoms with Gasteiger partial charge in [-0.2, -0.15) is 5.26 Å². The Morgan fingerprint density at radius 2 is 2.06 bits per heavy atom. The summed E-state index contributed by atoms with van der Waals surface area (Å²) in [5.41, 5.74) is 1.22. The second-order valence-corrected chi connectivity index (χ2v) is 9.89. The zero-order valence-electron chi connectivity index (χ0n) is 19.9. The molecule has 0 spiro atoms. The molecule has 4 heterocycles. The summed E-state index contributed by atoms with van der Waals surface area (Å²) in [5, 5.41) is 16.2. The Kier molecular flexibility index (Phi) is 6.37. The predicted molar refractivity (Wildman–Crippen MR) is 128 cm³/mol. The van der Waals surface area contributed by atoms with Gasteiger partial charge in [0.15, 0.2) is 0 Å². The standard InChI is InChI=1S/C26H31N5O4/c1-35-22-6-2-5-20-19(22)13-21(30-20)26(34)31-18-9-7-15(8-10-18)23(31)25(33)29-17(14-27)12-16-4-3-11-28-24(16)32/h2,5-6,13,15-18,23,30H,3-4,7-12H2,1H3,(H,28,32)(H,29,33)/t15?,16-,17-,18?,23+/m1/s1. The number of ether oxygens (including phenoxy) is 1. The van der Waals surface area contributed by atoms with Crippen molar-refractivity contribution in [1.29, 1.82) is 5.26 Å². The third-order valence-electron chi connectivity index (χ3n) is 7.85. The number of hydrogen-bond donors (Lipinski definition) is 3. The van der Waals surface area contributed by atoms with Crippen LogP contribution in [0.4, 0.5) is 0 Å². The van der Waals surface area contributed by atoms with Crippen LogP contribution >= 0.6 is 0 Å². The van der Waals surface area contributed by atoms with E-state index in [0.29, 0.717) is 24.4 Å². The van der Waals surface area contributed by atoms with Crippen molar-refractivity contribution in [2.24, 2.45) is 11.8 Å². The van der Waals surface area contributed by atoms with Gasteiger partial charge in [-0.3, -0.25) is 14.4 Å². The van der Waals surface area contributed by atoms with Gasteiger partial charge in [0.25, 0.3) is 5.91 Å². The minimum atomic E-state index is -0.772. The van der Waals surface area contributed by atoms with Crippen LogP contribution in [-0.4, -0.2) is 59.4 Å². The molecule has 2 bridgehead atoms. The van der Waals surface area contributed by atoms with Crippen LogP contribution in [0.2, 0.25) is 0 Å². The largest absolute Gasteiger partial charge is 0.496 e. The minimum Gasteiger partial charge on any atom is -0.496 e. The van der Waals surface area contributed by atoms with Gasteiger partial charge in [0.1, 0.15) is 23.5 Å². The summed E-state index contributed by atoms with van der Waals surface area (Å²) in [6.45, 7) is 0.654. The number of nitrogens with zero attached hydrogens (tertiary/aromatic N) is 2. The summed E-state index contributed by atoms with van der Waals surface area (Å²) >= 11 is 0. The number of amides is 3. The zero-order chi connectivity index (χ0) is 24.5. The van der Waals surface area contributed by atoms with Crippen LogP contribution in [0.1, 0.15) is 55.4 Å². The lowest BCUT2D eigenvalue weighted by atomic mass is 9.74. The lowest BCUT2D eigenvalue weighted by Gasteiger charge is -2.50. The number of rotatable bonds is 6. The van der Waals surface area contributed by atoms with E-state index in [0.717, 1.165) is 43.0 Å². The smallest absolute Gasteiger partial charge is 0.271 e. The molecule has 9 nitrogen and oxygen atoms in total. The highest BCUT2D eigenvalue weighted by Gasteiger charge is 2.48. The third-order valence-corrected chi connectivity index (χ3v) is 7.85. The topological polar surface area (TPSA) is 127 Å². The van der Waals surface area contributed by atoms with Crippen LogP contribution < -0.4 is 15.4 Å². The van der Waals surface area contributed by atoms with Crippen molar-refractivity contribution >= 4 is 28.6 Å². The van der Waals surface area contributed by atoms with Crippen LogP contribution in [0.25, 0.3) is 10.9 Å². The van der Waals surface area contributed by atoms with E-state index in [2.05, 4.69) is 21.7 Å². The molecule has 0 unspecified atom stereocenters. The average molecular weight is 478 g/mol. The monoisotopic (exact) mass is 477 g/mol. The van der Waals surface area contributed by atoms with Gasteiger partial charge >= 0.3 is 0 Å². The molecule has 1 aromatic carbocycles. The number of carbonyl (C=O) groups excluding carboxylic acids is 3. The summed E-state index contributed by atoms with van der Waals surface area (Å²) < 4.78 is 5.43. The highest BCUT2D eigenvalue weighted by molar-refractivity contribution is 6.02. The zero-order valence-corrected chi connectivity index (χ0v) is 19.9. The summed E-state index contributed by atoms with van der Waals surface area (Å²) in [7, 11) is 1.59. The van der Waals surface area contributed by atoms with E-state index in [9.17, 15) is 19.6 Å². The van der Waals surface area contributed by atoms with Gasteiger partial charge in [-0.15, -0.1) is 0 Å². The first-order chi connectivity index (χ1) is 17.0. The number of carbonyl (C=O) groups is 3. The second-order valence-electron chi connectivity index (χ2n) is 9.89. The van der Waals surface area contributed by atoms with E-state index < -0.39 is 12.1 Å². The number of fused-ring (bicyclic) bond motifs is 4. The van der Waals surface area contributed by atoms with E-state index >= 15 is 0 Å². The van der Waals surface area contributed by atoms with Gasteiger partial charge in [-0.1, -0.05) is 6.07 Å². The predicted octanol–water partition coefficient (Wildman–Crippen LogP) is 2.48. The fraction of sp³-hybridized carbons (Fsp3) is 0.538. The van der Waals surface area contributed by atoms with E-state index in [-0.39, 0.29) is 42.0 Å². The van der Waals surface area contributed by atoms with Gasteiger partial charge < -0.3 is 25.3 Å². The Bertz CT molecular complexity index is 1180. The molecule has 4 aliphatic rings. The molecule has 35 heavy (non-hydrogen) atoms. The summed E-state index contributed by atoms with van der Waals surface area (Å²) in [6.07, 6.45) is 5.37. The summed E-state index contributed by atoms with van der Waals surface area (Å²) in [6, 6.07) is 8.12.